The maximum absolute atomic E-state index is 12.4. The van der Waals surface area contributed by atoms with Crippen molar-refractivity contribution in [2.45, 2.75) is 77.5 Å². The van der Waals surface area contributed by atoms with Crippen LogP contribution in [-0.4, -0.2) is 29.1 Å². The van der Waals surface area contributed by atoms with Crippen molar-refractivity contribution >= 4 is 5.91 Å². The van der Waals surface area contributed by atoms with E-state index < -0.39 is 0 Å². The third kappa shape index (κ3) is 2.49. The molecule has 2 aliphatic rings. The van der Waals surface area contributed by atoms with Gasteiger partial charge in [0, 0.05) is 6.04 Å². The predicted molar refractivity (Wildman–Crippen MR) is 69.6 cm³/mol. The molecule has 1 amide bonds. The lowest BCUT2D eigenvalue weighted by molar-refractivity contribution is -0.131. The van der Waals surface area contributed by atoms with Gasteiger partial charge in [-0.05, 0) is 31.6 Å². The van der Waals surface area contributed by atoms with Gasteiger partial charge in [0.15, 0.2) is 0 Å². The van der Waals surface area contributed by atoms with Crippen molar-refractivity contribution in [2.75, 3.05) is 0 Å². The molecule has 98 valence electrons. The summed E-state index contributed by atoms with van der Waals surface area (Å²) in [6.07, 6.45) is 7.15. The van der Waals surface area contributed by atoms with E-state index >= 15 is 0 Å². The zero-order valence-corrected chi connectivity index (χ0v) is 11.4. The molecule has 4 atom stereocenters. The fourth-order valence-corrected chi connectivity index (χ4v) is 3.18. The van der Waals surface area contributed by atoms with E-state index in [0.29, 0.717) is 18.1 Å². The van der Waals surface area contributed by atoms with Gasteiger partial charge in [0.2, 0.25) is 5.91 Å². The predicted octanol–water partition coefficient (Wildman–Crippen LogP) is 2.51. The molecule has 1 saturated heterocycles. The topological polar surface area (TPSA) is 32.3 Å². The molecule has 2 fully saturated rings. The summed E-state index contributed by atoms with van der Waals surface area (Å²) in [5.74, 6) is 1.14. The molecule has 2 rings (SSSR count). The molecule has 1 heterocycles. The molecule has 3 heteroatoms. The van der Waals surface area contributed by atoms with E-state index in [2.05, 4.69) is 31.0 Å². The lowest BCUT2D eigenvalue weighted by Crippen LogP contribution is -2.39. The van der Waals surface area contributed by atoms with E-state index in [1.807, 2.05) is 0 Å². The lowest BCUT2D eigenvalue weighted by Gasteiger charge is -2.23. The van der Waals surface area contributed by atoms with Gasteiger partial charge in [-0.2, -0.15) is 0 Å². The summed E-state index contributed by atoms with van der Waals surface area (Å²) in [6, 6.07) is 0.634. The van der Waals surface area contributed by atoms with E-state index in [9.17, 15) is 4.79 Å². The number of hydrogen-bond acceptors (Lipinski definition) is 2. The first-order valence-corrected chi connectivity index (χ1v) is 7.31. The van der Waals surface area contributed by atoms with E-state index in [-0.39, 0.29) is 6.04 Å². The average Bonchev–Trinajstić information content (AvgIpc) is 2.99. The number of carbonyl (C=O) groups excluding carboxylic acids is 1. The molecular formula is C14H26N2O. The highest BCUT2D eigenvalue weighted by Gasteiger charge is 2.50. The Morgan fingerprint density at radius 3 is 2.53 bits per heavy atom. The Balaban J connectivity index is 1.98. The van der Waals surface area contributed by atoms with Crippen LogP contribution >= 0.6 is 0 Å². The zero-order valence-electron chi connectivity index (χ0n) is 11.4. The van der Waals surface area contributed by atoms with Crippen LogP contribution in [0.15, 0.2) is 0 Å². The molecule has 0 aromatic heterocycles. The molecular weight excluding hydrogens is 212 g/mol. The maximum Gasteiger partial charge on any atom is 0.241 e. The first kappa shape index (κ1) is 12.9. The van der Waals surface area contributed by atoms with Gasteiger partial charge in [0.1, 0.15) is 0 Å². The third-order valence-corrected chi connectivity index (χ3v) is 4.15. The van der Waals surface area contributed by atoms with Gasteiger partial charge in [0.25, 0.3) is 0 Å². The second-order valence-corrected chi connectivity index (χ2v) is 5.53. The molecule has 0 radical (unpaired) electrons. The molecule has 0 bridgehead atoms. The van der Waals surface area contributed by atoms with Crippen LogP contribution in [0.4, 0.5) is 0 Å². The fraction of sp³-hybridized carbons (Fsp3) is 0.929. The summed E-state index contributed by atoms with van der Waals surface area (Å²) in [7, 11) is 0. The van der Waals surface area contributed by atoms with E-state index in [1.54, 1.807) is 0 Å². The minimum Gasteiger partial charge on any atom is -0.323 e. The highest BCUT2D eigenvalue weighted by atomic mass is 16.2. The largest absolute Gasteiger partial charge is 0.323 e. The van der Waals surface area contributed by atoms with Crippen molar-refractivity contribution in [2.24, 2.45) is 5.92 Å². The summed E-state index contributed by atoms with van der Waals surface area (Å²) in [5.41, 5.74) is 0. The van der Waals surface area contributed by atoms with Crippen molar-refractivity contribution in [3.05, 3.63) is 0 Å². The summed E-state index contributed by atoms with van der Waals surface area (Å²) in [4.78, 5) is 14.5. The van der Waals surface area contributed by atoms with Gasteiger partial charge in [-0.1, -0.05) is 33.6 Å². The van der Waals surface area contributed by atoms with Crippen molar-refractivity contribution in [1.29, 1.82) is 0 Å². The monoisotopic (exact) mass is 238 g/mol. The van der Waals surface area contributed by atoms with Crippen molar-refractivity contribution in [3.8, 4) is 0 Å². The Hall–Kier alpha value is -0.570. The Kier molecular flexibility index (Phi) is 4.08. The Bertz CT molecular complexity index is 279. The molecule has 0 aromatic carbocycles. The highest BCUT2D eigenvalue weighted by Crippen LogP contribution is 2.42. The molecule has 0 aromatic rings. The highest BCUT2D eigenvalue weighted by molar-refractivity contribution is 5.85. The fourth-order valence-electron chi connectivity index (χ4n) is 3.18. The third-order valence-electron chi connectivity index (χ3n) is 4.15. The molecule has 1 aliphatic carbocycles. The molecule has 1 saturated carbocycles. The summed E-state index contributed by atoms with van der Waals surface area (Å²) < 4.78 is 0. The van der Waals surface area contributed by atoms with Crippen LogP contribution < -0.4 is 5.32 Å². The average molecular weight is 238 g/mol. The van der Waals surface area contributed by atoms with Crippen molar-refractivity contribution in [1.82, 2.24) is 10.2 Å². The maximum atomic E-state index is 12.4. The van der Waals surface area contributed by atoms with E-state index in [0.717, 1.165) is 25.2 Å². The van der Waals surface area contributed by atoms with Crippen LogP contribution in [0.1, 0.15) is 59.3 Å². The smallest absolute Gasteiger partial charge is 0.241 e. The molecule has 1 aliphatic heterocycles. The summed E-state index contributed by atoms with van der Waals surface area (Å²) in [5, 5.41) is 3.50. The van der Waals surface area contributed by atoms with Gasteiger partial charge < -0.3 is 4.90 Å². The summed E-state index contributed by atoms with van der Waals surface area (Å²) >= 11 is 0. The quantitative estimate of drug-likeness (QED) is 0.771. The molecule has 4 unspecified atom stereocenters. The Morgan fingerprint density at radius 2 is 1.94 bits per heavy atom. The minimum absolute atomic E-state index is 0.0906. The summed E-state index contributed by atoms with van der Waals surface area (Å²) in [6.45, 7) is 6.55. The number of nitrogens with zero attached hydrogens (tertiary/aromatic N) is 1. The standard InChI is InChI=1S/C14H26N2O/c1-4-7-10-9-12(10)16-13(6-3)15-11(8-5-2)14(16)17/h10-13,15H,4-9H2,1-3H3. The zero-order chi connectivity index (χ0) is 12.4. The van der Waals surface area contributed by atoms with Gasteiger partial charge in [-0.3, -0.25) is 10.1 Å². The van der Waals surface area contributed by atoms with Crippen LogP contribution in [0.25, 0.3) is 0 Å². The Morgan fingerprint density at radius 1 is 1.24 bits per heavy atom. The van der Waals surface area contributed by atoms with Crippen LogP contribution in [0.3, 0.4) is 0 Å². The normalized spacial score (nSPS) is 36.6. The number of nitrogens with one attached hydrogen (secondary N) is 1. The number of amides is 1. The van der Waals surface area contributed by atoms with Gasteiger partial charge in [-0.25, -0.2) is 0 Å². The lowest BCUT2D eigenvalue weighted by atomic mass is 10.1. The second-order valence-electron chi connectivity index (χ2n) is 5.53. The van der Waals surface area contributed by atoms with Crippen LogP contribution in [-0.2, 0) is 4.79 Å². The molecule has 0 spiro atoms. The van der Waals surface area contributed by atoms with E-state index in [1.165, 1.54) is 19.3 Å². The SMILES string of the molecule is CCCC1NC(CC)N(C2CC2CCC)C1=O. The van der Waals surface area contributed by atoms with Gasteiger partial charge >= 0.3 is 0 Å². The minimum atomic E-state index is 0.0906. The molecule has 17 heavy (non-hydrogen) atoms. The van der Waals surface area contributed by atoms with Gasteiger partial charge in [-0.15, -0.1) is 0 Å². The van der Waals surface area contributed by atoms with E-state index in [4.69, 9.17) is 0 Å². The second kappa shape index (κ2) is 5.38. The first-order chi connectivity index (χ1) is 8.22. The van der Waals surface area contributed by atoms with Crippen molar-refractivity contribution in [3.63, 3.8) is 0 Å². The number of carbonyl (C=O) groups is 1. The van der Waals surface area contributed by atoms with Gasteiger partial charge in [0.05, 0.1) is 12.2 Å². The number of rotatable bonds is 6. The number of hydrogen-bond donors (Lipinski definition) is 1. The molecule has 3 nitrogen and oxygen atoms in total. The Labute approximate surface area is 105 Å². The van der Waals surface area contributed by atoms with Crippen molar-refractivity contribution < 1.29 is 4.79 Å². The first-order valence-electron chi connectivity index (χ1n) is 7.31. The van der Waals surface area contributed by atoms with Crippen LogP contribution in [0.2, 0.25) is 0 Å². The molecule has 1 N–H and O–H groups in total. The van der Waals surface area contributed by atoms with Crippen LogP contribution in [0, 0.1) is 5.92 Å². The van der Waals surface area contributed by atoms with Crippen LogP contribution in [0.5, 0.6) is 0 Å².